The minimum Gasteiger partial charge on any atom is -0.480 e. The third kappa shape index (κ3) is 5.13. The number of amides is 2. The van der Waals surface area contributed by atoms with Gasteiger partial charge in [0.2, 0.25) is 11.8 Å². The van der Waals surface area contributed by atoms with Crippen LogP contribution in [0.4, 0.5) is 5.69 Å². The van der Waals surface area contributed by atoms with E-state index >= 15 is 0 Å². The van der Waals surface area contributed by atoms with Crippen molar-refractivity contribution in [1.82, 2.24) is 19.8 Å². The van der Waals surface area contributed by atoms with Gasteiger partial charge in [-0.05, 0) is 24.6 Å². The molecule has 0 unspecified atom stereocenters. The summed E-state index contributed by atoms with van der Waals surface area (Å²) in [4.78, 5) is 39.8. The molecule has 1 aromatic carbocycles. The van der Waals surface area contributed by atoms with Crippen molar-refractivity contribution in [2.24, 2.45) is 0 Å². The molecular formula is C23H27N5O4S. The molecule has 0 atom stereocenters. The molecule has 0 spiro atoms. The van der Waals surface area contributed by atoms with E-state index in [0.717, 1.165) is 16.6 Å². The molecule has 174 valence electrons. The summed E-state index contributed by atoms with van der Waals surface area (Å²) in [6, 6.07) is 9.40. The molecule has 0 saturated carbocycles. The number of aromatic nitrogens is 2. The van der Waals surface area contributed by atoms with E-state index in [2.05, 4.69) is 20.2 Å². The van der Waals surface area contributed by atoms with Gasteiger partial charge >= 0.3 is 0 Å². The fourth-order valence-electron chi connectivity index (χ4n) is 3.87. The number of aryl methyl sites for hydroxylation is 1. The molecule has 33 heavy (non-hydrogen) atoms. The molecule has 1 fully saturated rings. The third-order valence-electron chi connectivity index (χ3n) is 5.55. The molecule has 1 saturated heterocycles. The van der Waals surface area contributed by atoms with Gasteiger partial charge in [-0.15, -0.1) is 11.3 Å². The standard InChI is InChI=1S/C23H27N5O4S/c1-15-19-21(32-3)25-17(14-31-2)26-22(19)33-20(15)23(30)28-11-9-27(10-12-28)13-18(29)24-16-7-5-4-6-8-16/h4-8H,9-14H2,1-3H3,(H,24,29). The summed E-state index contributed by atoms with van der Waals surface area (Å²) in [5, 5.41) is 3.67. The first kappa shape index (κ1) is 23.1. The van der Waals surface area contributed by atoms with E-state index in [0.29, 0.717) is 54.1 Å². The lowest BCUT2D eigenvalue weighted by Gasteiger charge is -2.34. The highest BCUT2D eigenvalue weighted by Crippen LogP contribution is 2.35. The number of ether oxygens (including phenoxy) is 2. The monoisotopic (exact) mass is 469 g/mol. The third-order valence-corrected chi connectivity index (χ3v) is 6.72. The van der Waals surface area contributed by atoms with Gasteiger partial charge in [0.05, 0.1) is 23.9 Å². The van der Waals surface area contributed by atoms with Crippen LogP contribution in [0.25, 0.3) is 10.2 Å². The molecule has 9 nitrogen and oxygen atoms in total. The number of hydrogen-bond donors (Lipinski definition) is 1. The quantitative estimate of drug-likeness (QED) is 0.568. The Morgan fingerprint density at radius 3 is 2.48 bits per heavy atom. The van der Waals surface area contributed by atoms with Crippen LogP contribution in [0.15, 0.2) is 30.3 Å². The van der Waals surface area contributed by atoms with E-state index in [-0.39, 0.29) is 18.4 Å². The number of para-hydroxylation sites is 1. The Bertz CT molecular complexity index is 1140. The maximum Gasteiger partial charge on any atom is 0.264 e. The van der Waals surface area contributed by atoms with E-state index in [1.165, 1.54) is 11.3 Å². The average Bonchev–Trinajstić information content (AvgIpc) is 3.15. The Kier molecular flexibility index (Phi) is 7.17. The van der Waals surface area contributed by atoms with Crippen molar-refractivity contribution in [3.05, 3.63) is 46.6 Å². The summed E-state index contributed by atoms with van der Waals surface area (Å²) in [5.41, 5.74) is 1.61. The van der Waals surface area contributed by atoms with E-state index in [1.807, 2.05) is 42.2 Å². The van der Waals surface area contributed by atoms with Gasteiger partial charge in [-0.3, -0.25) is 14.5 Å². The van der Waals surface area contributed by atoms with Crippen molar-refractivity contribution in [3.63, 3.8) is 0 Å². The Hall–Kier alpha value is -3.08. The van der Waals surface area contributed by atoms with Gasteiger partial charge < -0.3 is 19.7 Å². The smallest absolute Gasteiger partial charge is 0.264 e. The molecule has 1 aliphatic rings. The number of rotatable bonds is 7. The number of nitrogens with zero attached hydrogens (tertiary/aromatic N) is 4. The number of nitrogens with one attached hydrogen (secondary N) is 1. The number of benzene rings is 1. The second-order valence-electron chi connectivity index (χ2n) is 7.80. The van der Waals surface area contributed by atoms with Crippen LogP contribution in [0.3, 0.4) is 0 Å². The van der Waals surface area contributed by atoms with Crippen LogP contribution in [0.1, 0.15) is 21.1 Å². The maximum atomic E-state index is 13.3. The summed E-state index contributed by atoms with van der Waals surface area (Å²) in [5.74, 6) is 0.886. The molecule has 0 bridgehead atoms. The number of carbonyl (C=O) groups excluding carboxylic acids is 2. The number of methoxy groups -OCH3 is 2. The topological polar surface area (TPSA) is 96.9 Å². The molecule has 0 aliphatic carbocycles. The summed E-state index contributed by atoms with van der Waals surface area (Å²) in [6.07, 6.45) is 0. The van der Waals surface area contributed by atoms with Crippen molar-refractivity contribution >= 4 is 39.1 Å². The second-order valence-corrected chi connectivity index (χ2v) is 8.80. The van der Waals surface area contributed by atoms with Crippen LogP contribution in [0.5, 0.6) is 5.88 Å². The number of carbonyl (C=O) groups is 2. The van der Waals surface area contributed by atoms with Gasteiger partial charge in [0.1, 0.15) is 11.4 Å². The molecule has 0 radical (unpaired) electrons. The fourth-order valence-corrected chi connectivity index (χ4v) is 5.03. The Morgan fingerprint density at radius 1 is 1.09 bits per heavy atom. The van der Waals surface area contributed by atoms with Gasteiger partial charge in [-0.2, -0.15) is 4.98 Å². The first-order valence-electron chi connectivity index (χ1n) is 10.7. The van der Waals surface area contributed by atoms with Crippen LogP contribution >= 0.6 is 11.3 Å². The Labute approximate surface area is 196 Å². The number of anilines is 1. The van der Waals surface area contributed by atoms with Crippen molar-refractivity contribution < 1.29 is 19.1 Å². The van der Waals surface area contributed by atoms with Gasteiger partial charge in [0.25, 0.3) is 5.91 Å². The van der Waals surface area contributed by atoms with E-state index in [9.17, 15) is 9.59 Å². The molecule has 3 heterocycles. The van der Waals surface area contributed by atoms with E-state index < -0.39 is 0 Å². The molecule has 1 aliphatic heterocycles. The number of thiophene rings is 1. The summed E-state index contributed by atoms with van der Waals surface area (Å²) < 4.78 is 10.6. The summed E-state index contributed by atoms with van der Waals surface area (Å²) in [6.45, 7) is 4.86. The Balaban J connectivity index is 1.41. The zero-order valence-electron chi connectivity index (χ0n) is 19.0. The number of fused-ring (bicyclic) bond motifs is 1. The highest BCUT2D eigenvalue weighted by Gasteiger charge is 2.28. The van der Waals surface area contributed by atoms with Crippen LogP contribution in [-0.4, -0.2) is 78.5 Å². The Morgan fingerprint density at radius 2 is 1.82 bits per heavy atom. The van der Waals surface area contributed by atoms with Crippen LogP contribution in [-0.2, 0) is 16.1 Å². The van der Waals surface area contributed by atoms with Gasteiger partial charge in [-0.1, -0.05) is 18.2 Å². The minimum atomic E-state index is -0.0566. The highest BCUT2D eigenvalue weighted by atomic mass is 32.1. The van der Waals surface area contributed by atoms with Crippen molar-refractivity contribution in [2.75, 3.05) is 52.3 Å². The normalized spacial score (nSPS) is 14.5. The lowest BCUT2D eigenvalue weighted by molar-refractivity contribution is -0.117. The molecular weight excluding hydrogens is 442 g/mol. The average molecular weight is 470 g/mol. The molecule has 4 rings (SSSR count). The lowest BCUT2D eigenvalue weighted by Crippen LogP contribution is -2.50. The molecule has 2 aromatic heterocycles. The van der Waals surface area contributed by atoms with Crippen molar-refractivity contribution in [2.45, 2.75) is 13.5 Å². The molecule has 10 heteroatoms. The molecule has 1 N–H and O–H groups in total. The zero-order valence-corrected chi connectivity index (χ0v) is 19.8. The fraction of sp³-hybridized carbons (Fsp3) is 0.391. The largest absolute Gasteiger partial charge is 0.480 e. The highest BCUT2D eigenvalue weighted by molar-refractivity contribution is 7.20. The number of hydrogen-bond acceptors (Lipinski definition) is 8. The lowest BCUT2D eigenvalue weighted by atomic mass is 10.2. The first-order chi connectivity index (χ1) is 16.0. The minimum absolute atomic E-state index is 0.0285. The van der Waals surface area contributed by atoms with Gasteiger partial charge in [0.15, 0.2) is 5.82 Å². The zero-order chi connectivity index (χ0) is 23.4. The summed E-state index contributed by atoms with van der Waals surface area (Å²) >= 11 is 1.35. The summed E-state index contributed by atoms with van der Waals surface area (Å²) in [7, 11) is 3.14. The molecule has 3 aromatic rings. The predicted octanol–water partition coefficient (Wildman–Crippen LogP) is 2.55. The predicted molar refractivity (Wildman–Crippen MR) is 127 cm³/mol. The van der Waals surface area contributed by atoms with Gasteiger partial charge in [0, 0.05) is 39.0 Å². The van der Waals surface area contributed by atoms with Crippen LogP contribution < -0.4 is 10.1 Å². The van der Waals surface area contributed by atoms with Crippen LogP contribution in [0, 0.1) is 6.92 Å². The van der Waals surface area contributed by atoms with E-state index in [1.54, 1.807) is 14.2 Å². The molecule has 2 amide bonds. The van der Waals surface area contributed by atoms with Gasteiger partial charge in [-0.25, -0.2) is 4.98 Å². The second kappa shape index (κ2) is 10.2. The first-order valence-corrected chi connectivity index (χ1v) is 11.5. The maximum absolute atomic E-state index is 13.3. The van der Waals surface area contributed by atoms with Crippen molar-refractivity contribution in [3.8, 4) is 5.88 Å². The number of piperazine rings is 1. The van der Waals surface area contributed by atoms with Crippen LogP contribution in [0.2, 0.25) is 0 Å². The van der Waals surface area contributed by atoms with Crippen molar-refractivity contribution in [1.29, 1.82) is 0 Å². The SMILES string of the molecule is COCc1nc(OC)c2c(C)c(C(=O)N3CCN(CC(=O)Nc4ccccc4)CC3)sc2n1. The van der Waals surface area contributed by atoms with E-state index in [4.69, 9.17) is 9.47 Å².